The van der Waals surface area contributed by atoms with Crippen LogP contribution in [0.4, 0.5) is 0 Å². The van der Waals surface area contributed by atoms with Gasteiger partial charge in [-0.25, -0.2) is 0 Å². The normalized spacial score (nSPS) is 20.9. The molecule has 2 aliphatic heterocycles. The largest absolute Gasteiger partial charge is 0.493 e. The number of hydrogen-bond donors (Lipinski definition) is 0. The van der Waals surface area contributed by atoms with Gasteiger partial charge in [-0.3, -0.25) is 4.79 Å². The fourth-order valence-electron chi connectivity index (χ4n) is 4.27. The zero-order valence-electron chi connectivity index (χ0n) is 17.6. The lowest BCUT2D eigenvalue weighted by Crippen LogP contribution is -2.30. The summed E-state index contributed by atoms with van der Waals surface area (Å²) >= 11 is 0. The van der Waals surface area contributed by atoms with E-state index >= 15 is 0 Å². The monoisotopic (exact) mass is 411 g/mol. The van der Waals surface area contributed by atoms with Gasteiger partial charge in [-0.1, -0.05) is 12.1 Å². The number of methoxy groups -OCH3 is 2. The topological polar surface area (TPSA) is 57.2 Å². The molecule has 4 rings (SSSR count). The predicted molar refractivity (Wildman–Crippen MR) is 113 cm³/mol. The Hall–Kier alpha value is -2.73. The summed E-state index contributed by atoms with van der Waals surface area (Å²) in [6.45, 7) is 2.06. The predicted octanol–water partition coefficient (Wildman–Crippen LogP) is 4.24. The molecular formula is C24H29NO5. The van der Waals surface area contributed by atoms with Crippen molar-refractivity contribution in [1.29, 1.82) is 0 Å². The van der Waals surface area contributed by atoms with Crippen molar-refractivity contribution in [2.75, 3.05) is 34.0 Å². The molecule has 30 heavy (non-hydrogen) atoms. The average molecular weight is 411 g/mol. The number of likely N-dealkylation sites (tertiary alicyclic amines) is 1. The molecule has 0 saturated carbocycles. The van der Waals surface area contributed by atoms with Gasteiger partial charge in [-0.05, 0) is 61.6 Å². The Morgan fingerprint density at radius 1 is 1.07 bits per heavy atom. The molecule has 6 heteroatoms. The lowest BCUT2D eigenvalue weighted by Gasteiger charge is -2.26. The summed E-state index contributed by atoms with van der Waals surface area (Å²) in [6, 6.07) is 13.4. The first-order valence-corrected chi connectivity index (χ1v) is 10.6. The second kappa shape index (κ2) is 9.39. The van der Waals surface area contributed by atoms with E-state index in [9.17, 15) is 4.79 Å². The summed E-state index contributed by atoms with van der Waals surface area (Å²) < 4.78 is 22.3. The number of benzene rings is 2. The summed E-state index contributed by atoms with van der Waals surface area (Å²) in [5.74, 6) is 2.10. The van der Waals surface area contributed by atoms with Crippen LogP contribution in [0.25, 0.3) is 0 Å². The molecule has 0 aromatic heterocycles. The van der Waals surface area contributed by atoms with Crippen LogP contribution in [-0.2, 0) is 4.74 Å². The summed E-state index contributed by atoms with van der Waals surface area (Å²) in [7, 11) is 3.25. The number of carbonyl (C=O) groups is 1. The van der Waals surface area contributed by atoms with Crippen molar-refractivity contribution in [2.45, 2.75) is 37.8 Å². The van der Waals surface area contributed by atoms with Crippen LogP contribution in [0.3, 0.4) is 0 Å². The maximum Gasteiger partial charge on any atom is 0.254 e. The highest BCUT2D eigenvalue weighted by Crippen LogP contribution is 2.37. The smallest absolute Gasteiger partial charge is 0.254 e. The molecule has 2 aliphatic rings. The van der Waals surface area contributed by atoms with E-state index in [2.05, 4.69) is 0 Å². The standard InChI is InChI=1S/C24H29NO5/c1-27-22-11-10-17(15-23(22)28-2)21-9-4-12-25(21)24(26)18-6-3-7-19(14-18)30-16-20-8-5-13-29-20/h3,6-7,10-11,14-15,20-21H,4-5,8-9,12-13,16H2,1-2H3/t20-,21-/m1/s1. The molecule has 1 amide bonds. The highest BCUT2D eigenvalue weighted by Gasteiger charge is 2.31. The molecule has 2 atom stereocenters. The number of ether oxygens (including phenoxy) is 4. The SMILES string of the molecule is COc1ccc([C@H]2CCCN2C(=O)c2cccc(OC[C@H]3CCCO3)c2)cc1OC. The molecule has 0 radical (unpaired) electrons. The Kier molecular flexibility index (Phi) is 6.43. The summed E-state index contributed by atoms with van der Waals surface area (Å²) in [5, 5.41) is 0. The number of rotatable bonds is 7. The van der Waals surface area contributed by atoms with E-state index in [-0.39, 0.29) is 18.1 Å². The van der Waals surface area contributed by atoms with Crippen molar-refractivity contribution in [3.8, 4) is 17.2 Å². The van der Waals surface area contributed by atoms with Crippen LogP contribution < -0.4 is 14.2 Å². The van der Waals surface area contributed by atoms with Crippen molar-refractivity contribution in [3.05, 3.63) is 53.6 Å². The Labute approximate surface area is 177 Å². The molecule has 2 saturated heterocycles. The van der Waals surface area contributed by atoms with Crippen LogP contribution in [0.2, 0.25) is 0 Å². The molecule has 160 valence electrons. The summed E-state index contributed by atoms with van der Waals surface area (Å²) in [6.07, 6.45) is 4.16. The average Bonchev–Trinajstić information content (AvgIpc) is 3.49. The minimum atomic E-state index is 0.0220. The van der Waals surface area contributed by atoms with Crippen LogP contribution in [0.1, 0.15) is 47.6 Å². The van der Waals surface area contributed by atoms with E-state index < -0.39 is 0 Å². The van der Waals surface area contributed by atoms with Crippen LogP contribution in [0.15, 0.2) is 42.5 Å². The van der Waals surface area contributed by atoms with Gasteiger partial charge in [0.05, 0.1) is 26.4 Å². The second-order valence-electron chi connectivity index (χ2n) is 7.74. The van der Waals surface area contributed by atoms with Crippen molar-refractivity contribution >= 4 is 5.91 Å². The van der Waals surface area contributed by atoms with Crippen LogP contribution >= 0.6 is 0 Å². The third kappa shape index (κ3) is 4.38. The minimum Gasteiger partial charge on any atom is -0.493 e. The van der Waals surface area contributed by atoms with Crippen molar-refractivity contribution in [2.24, 2.45) is 0 Å². The molecule has 0 aliphatic carbocycles. The van der Waals surface area contributed by atoms with Crippen molar-refractivity contribution in [1.82, 2.24) is 4.90 Å². The first kappa shape index (κ1) is 20.5. The number of nitrogens with zero attached hydrogens (tertiary/aromatic N) is 1. The molecule has 0 unspecified atom stereocenters. The maximum absolute atomic E-state index is 13.3. The van der Waals surface area contributed by atoms with Crippen LogP contribution in [0, 0.1) is 0 Å². The molecule has 2 aromatic rings. The van der Waals surface area contributed by atoms with E-state index in [1.807, 2.05) is 47.4 Å². The third-order valence-corrected chi connectivity index (χ3v) is 5.85. The maximum atomic E-state index is 13.3. The quantitative estimate of drug-likeness (QED) is 0.682. The molecule has 0 bridgehead atoms. The van der Waals surface area contributed by atoms with E-state index in [0.717, 1.165) is 44.4 Å². The third-order valence-electron chi connectivity index (χ3n) is 5.85. The highest BCUT2D eigenvalue weighted by molar-refractivity contribution is 5.95. The number of amides is 1. The first-order valence-electron chi connectivity index (χ1n) is 10.6. The zero-order chi connectivity index (χ0) is 20.9. The van der Waals surface area contributed by atoms with Gasteiger partial charge in [0.15, 0.2) is 11.5 Å². The first-order chi connectivity index (χ1) is 14.7. The minimum absolute atomic E-state index is 0.0220. The molecule has 0 spiro atoms. The van der Waals surface area contributed by atoms with Crippen LogP contribution in [0.5, 0.6) is 17.2 Å². The van der Waals surface area contributed by atoms with Gasteiger partial charge >= 0.3 is 0 Å². The Balaban J connectivity index is 1.49. The fourth-order valence-corrected chi connectivity index (χ4v) is 4.27. The lowest BCUT2D eigenvalue weighted by atomic mass is 10.0. The van der Waals surface area contributed by atoms with E-state index in [4.69, 9.17) is 18.9 Å². The Morgan fingerprint density at radius 3 is 2.70 bits per heavy atom. The highest BCUT2D eigenvalue weighted by atomic mass is 16.5. The van der Waals surface area contributed by atoms with Gasteiger partial charge in [-0.15, -0.1) is 0 Å². The number of hydrogen-bond acceptors (Lipinski definition) is 5. The van der Waals surface area contributed by atoms with E-state index in [1.165, 1.54) is 0 Å². The fraction of sp³-hybridized carbons (Fsp3) is 0.458. The summed E-state index contributed by atoms with van der Waals surface area (Å²) in [5.41, 5.74) is 1.71. The lowest BCUT2D eigenvalue weighted by molar-refractivity contribution is 0.0676. The zero-order valence-corrected chi connectivity index (χ0v) is 17.6. The molecule has 6 nitrogen and oxygen atoms in total. The van der Waals surface area contributed by atoms with Crippen molar-refractivity contribution < 1.29 is 23.7 Å². The molecule has 0 N–H and O–H groups in total. The van der Waals surface area contributed by atoms with E-state index in [0.29, 0.717) is 29.4 Å². The van der Waals surface area contributed by atoms with Gasteiger partial charge in [0.2, 0.25) is 0 Å². The van der Waals surface area contributed by atoms with Gasteiger partial charge in [0, 0.05) is 18.7 Å². The Morgan fingerprint density at radius 2 is 1.93 bits per heavy atom. The van der Waals surface area contributed by atoms with Gasteiger partial charge < -0.3 is 23.8 Å². The second-order valence-corrected chi connectivity index (χ2v) is 7.74. The Bertz CT molecular complexity index is 878. The van der Waals surface area contributed by atoms with Crippen molar-refractivity contribution in [3.63, 3.8) is 0 Å². The molecule has 2 heterocycles. The van der Waals surface area contributed by atoms with E-state index in [1.54, 1.807) is 14.2 Å². The molecule has 2 aromatic carbocycles. The van der Waals surface area contributed by atoms with Gasteiger partial charge in [-0.2, -0.15) is 0 Å². The van der Waals surface area contributed by atoms with Crippen LogP contribution in [-0.4, -0.2) is 50.9 Å². The van der Waals surface area contributed by atoms with Gasteiger partial charge in [0.1, 0.15) is 12.4 Å². The molecule has 2 fully saturated rings. The summed E-state index contributed by atoms with van der Waals surface area (Å²) in [4.78, 5) is 15.3. The van der Waals surface area contributed by atoms with Gasteiger partial charge in [0.25, 0.3) is 5.91 Å². The number of carbonyl (C=O) groups excluding carboxylic acids is 1. The molecular weight excluding hydrogens is 382 g/mol.